The van der Waals surface area contributed by atoms with Gasteiger partial charge in [-0.1, -0.05) is 6.07 Å². The molecule has 5 heterocycles. The largest absolute Gasteiger partial charge is 0.302 e. The van der Waals surface area contributed by atoms with E-state index in [0.717, 1.165) is 60.1 Å². The summed E-state index contributed by atoms with van der Waals surface area (Å²) in [5.74, 6) is 0.763. The SMILES string of the molecule is CCn1cc(-c2ccnc(Cc3ccc4c(n3)CCN(C)C4)n2)c(-c2cccnc2)n1. The normalized spacial score (nSPS) is 13.9. The summed E-state index contributed by atoms with van der Waals surface area (Å²) >= 11 is 0. The van der Waals surface area contributed by atoms with Gasteiger partial charge >= 0.3 is 0 Å². The van der Waals surface area contributed by atoms with Crippen molar-refractivity contribution in [2.24, 2.45) is 0 Å². The third-order valence-corrected chi connectivity index (χ3v) is 5.64. The van der Waals surface area contributed by atoms with E-state index in [-0.39, 0.29) is 0 Å². The minimum absolute atomic E-state index is 0.612. The molecule has 0 bridgehead atoms. The number of hydrogen-bond acceptors (Lipinski definition) is 6. The second kappa shape index (κ2) is 8.35. The average Bonchev–Trinajstić information content (AvgIpc) is 3.25. The highest BCUT2D eigenvalue weighted by atomic mass is 15.3. The van der Waals surface area contributed by atoms with Crippen molar-refractivity contribution < 1.29 is 0 Å². The number of rotatable bonds is 5. The standard InChI is InChI=1S/C24H25N7/c1-3-31-16-20(24(29-31)17-5-4-10-25-14-17)22-8-11-26-23(28-22)13-19-7-6-18-15-30(2)12-9-21(18)27-19/h4-8,10-11,14,16H,3,9,12-13,15H2,1-2H3. The molecule has 0 unspecified atom stereocenters. The predicted octanol–water partition coefficient (Wildman–Crippen LogP) is 3.40. The molecule has 0 atom stereocenters. The summed E-state index contributed by atoms with van der Waals surface area (Å²) in [5, 5.41) is 4.74. The van der Waals surface area contributed by atoms with E-state index in [2.05, 4.69) is 41.0 Å². The summed E-state index contributed by atoms with van der Waals surface area (Å²) < 4.78 is 1.93. The van der Waals surface area contributed by atoms with Gasteiger partial charge in [-0.2, -0.15) is 5.10 Å². The van der Waals surface area contributed by atoms with Crippen molar-refractivity contribution in [3.05, 3.63) is 77.9 Å². The van der Waals surface area contributed by atoms with Crippen LogP contribution in [0.3, 0.4) is 0 Å². The number of aromatic nitrogens is 6. The van der Waals surface area contributed by atoms with E-state index in [0.29, 0.717) is 6.42 Å². The average molecular weight is 412 g/mol. The molecule has 4 aromatic heterocycles. The second-order valence-corrected chi connectivity index (χ2v) is 7.92. The maximum Gasteiger partial charge on any atom is 0.134 e. The molecular formula is C24H25N7. The van der Waals surface area contributed by atoms with Crippen molar-refractivity contribution in [3.8, 4) is 22.5 Å². The lowest BCUT2D eigenvalue weighted by Crippen LogP contribution is -2.27. The number of pyridine rings is 2. The molecule has 31 heavy (non-hydrogen) atoms. The third-order valence-electron chi connectivity index (χ3n) is 5.64. The van der Waals surface area contributed by atoms with E-state index in [1.807, 2.05) is 41.5 Å². The first kappa shape index (κ1) is 19.5. The molecule has 0 fully saturated rings. The van der Waals surface area contributed by atoms with E-state index in [1.165, 1.54) is 11.3 Å². The van der Waals surface area contributed by atoms with Crippen LogP contribution in [0.5, 0.6) is 0 Å². The first-order valence-corrected chi connectivity index (χ1v) is 10.7. The highest BCUT2D eigenvalue weighted by Crippen LogP contribution is 2.29. The zero-order chi connectivity index (χ0) is 21.2. The van der Waals surface area contributed by atoms with Gasteiger partial charge in [0.25, 0.3) is 0 Å². The Labute approximate surface area is 181 Å². The number of nitrogens with zero attached hydrogens (tertiary/aromatic N) is 7. The van der Waals surface area contributed by atoms with Gasteiger partial charge in [0.15, 0.2) is 0 Å². The van der Waals surface area contributed by atoms with Gasteiger partial charge in [0, 0.05) is 73.4 Å². The van der Waals surface area contributed by atoms with Gasteiger partial charge in [0.2, 0.25) is 0 Å². The lowest BCUT2D eigenvalue weighted by molar-refractivity contribution is 0.309. The van der Waals surface area contributed by atoms with Crippen molar-refractivity contribution in [2.45, 2.75) is 32.9 Å². The van der Waals surface area contributed by atoms with Crippen molar-refractivity contribution in [2.75, 3.05) is 13.6 Å². The molecule has 5 rings (SSSR count). The molecule has 1 aliphatic rings. The molecule has 0 saturated heterocycles. The highest BCUT2D eigenvalue weighted by Gasteiger charge is 2.17. The Morgan fingerprint density at radius 1 is 1.06 bits per heavy atom. The van der Waals surface area contributed by atoms with E-state index in [1.54, 1.807) is 6.20 Å². The lowest BCUT2D eigenvalue weighted by Gasteiger charge is -2.24. The molecule has 0 aromatic carbocycles. The molecule has 0 spiro atoms. The zero-order valence-electron chi connectivity index (χ0n) is 17.9. The van der Waals surface area contributed by atoms with Gasteiger partial charge in [-0.25, -0.2) is 9.97 Å². The smallest absolute Gasteiger partial charge is 0.134 e. The van der Waals surface area contributed by atoms with Crippen LogP contribution in [0.4, 0.5) is 0 Å². The monoisotopic (exact) mass is 411 g/mol. The van der Waals surface area contributed by atoms with Crippen LogP contribution >= 0.6 is 0 Å². The summed E-state index contributed by atoms with van der Waals surface area (Å²) in [6, 6.07) is 10.2. The fraction of sp³-hybridized carbons (Fsp3) is 0.292. The maximum atomic E-state index is 4.90. The molecular weight excluding hydrogens is 386 g/mol. The lowest BCUT2D eigenvalue weighted by atomic mass is 10.0. The predicted molar refractivity (Wildman–Crippen MR) is 119 cm³/mol. The van der Waals surface area contributed by atoms with Crippen molar-refractivity contribution in [1.29, 1.82) is 0 Å². The third kappa shape index (κ3) is 4.09. The van der Waals surface area contributed by atoms with Gasteiger partial charge in [-0.05, 0) is 43.8 Å². The van der Waals surface area contributed by atoms with E-state index < -0.39 is 0 Å². The van der Waals surface area contributed by atoms with E-state index in [4.69, 9.17) is 15.1 Å². The molecule has 0 radical (unpaired) electrons. The van der Waals surface area contributed by atoms with E-state index >= 15 is 0 Å². The maximum absolute atomic E-state index is 4.90. The molecule has 0 amide bonds. The molecule has 0 saturated carbocycles. The number of fused-ring (bicyclic) bond motifs is 1. The minimum atomic E-state index is 0.612. The summed E-state index contributed by atoms with van der Waals surface area (Å²) in [6.45, 7) is 4.88. The highest BCUT2D eigenvalue weighted by molar-refractivity contribution is 5.78. The molecule has 156 valence electrons. The fourth-order valence-corrected chi connectivity index (χ4v) is 3.98. The van der Waals surface area contributed by atoms with Crippen molar-refractivity contribution >= 4 is 0 Å². The number of aryl methyl sites for hydroxylation is 1. The van der Waals surface area contributed by atoms with Gasteiger partial charge in [-0.15, -0.1) is 0 Å². The van der Waals surface area contributed by atoms with Crippen LogP contribution in [0.25, 0.3) is 22.5 Å². The Morgan fingerprint density at radius 2 is 2.00 bits per heavy atom. The van der Waals surface area contributed by atoms with Gasteiger partial charge in [0.1, 0.15) is 11.5 Å². The van der Waals surface area contributed by atoms with Gasteiger partial charge in [0.05, 0.1) is 12.1 Å². The van der Waals surface area contributed by atoms with E-state index in [9.17, 15) is 0 Å². The molecule has 1 aliphatic heterocycles. The van der Waals surface area contributed by atoms with Gasteiger partial charge in [-0.3, -0.25) is 14.6 Å². The minimum Gasteiger partial charge on any atom is -0.302 e. The zero-order valence-corrected chi connectivity index (χ0v) is 17.9. The Bertz CT molecular complexity index is 1200. The van der Waals surface area contributed by atoms with Crippen LogP contribution in [0.15, 0.2) is 55.1 Å². The molecule has 0 aliphatic carbocycles. The van der Waals surface area contributed by atoms with Crippen LogP contribution in [-0.4, -0.2) is 48.2 Å². The van der Waals surface area contributed by atoms with Crippen LogP contribution in [0.2, 0.25) is 0 Å². The van der Waals surface area contributed by atoms with Crippen LogP contribution in [-0.2, 0) is 25.9 Å². The summed E-state index contributed by atoms with van der Waals surface area (Å²) in [4.78, 5) is 20.9. The molecule has 0 N–H and O–H groups in total. The molecule has 7 nitrogen and oxygen atoms in total. The van der Waals surface area contributed by atoms with Crippen molar-refractivity contribution in [1.82, 2.24) is 34.6 Å². The van der Waals surface area contributed by atoms with Crippen LogP contribution in [0, 0.1) is 0 Å². The second-order valence-electron chi connectivity index (χ2n) is 7.92. The Balaban J connectivity index is 1.46. The Morgan fingerprint density at radius 3 is 2.84 bits per heavy atom. The topological polar surface area (TPSA) is 72.6 Å². The Kier molecular flexibility index (Phi) is 5.26. The quantitative estimate of drug-likeness (QED) is 0.501. The summed E-state index contributed by atoms with van der Waals surface area (Å²) in [5.41, 5.74) is 7.25. The van der Waals surface area contributed by atoms with Gasteiger partial charge < -0.3 is 4.90 Å². The summed E-state index contributed by atoms with van der Waals surface area (Å²) in [7, 11) is 2.15. The first-order valence-electron chi connectivity index (χ1n) is 10.7. The van der Waals surface area contributed by atoms with Crippen LogP contribution < -0.4 is 0 Å². The summed E-state index contributed by atoms with van der Waals surface area (Å²) in [6.07, 6.45) is 9.07. The number of hydrogen-bond donors (Lipinski definition) is 0. The molecule has 7 heteroatoms. The van der Waals surface area contributed by atoms with Crippen LogP contribution in [0.1, 0.15) is 29.7 Å². The fourth-order valence-electron chi connectivity index (χ4n) is 3.98. The Hall–Kier alpha value is -3.45. The number of likely N-dealkylation sites (N-methyl/N-ethyl adjacent to an activating group) is 1. The molecule has 4 aromatic rings. The van der Waals surface area contributed by atoms with Crippen molar-refractivity contribution in [3.63, 3.8) is 0 Å². The first-order chi connectivity index (χ1) is 15.2.